The van der Waals surface area contributed by atoms with E-state index in [4.69, 9.17) is 9.73 Å². The third-order valence-corrected chi connectivity index (χ3v) is 7.50. The number of guanidine groups is 1. The Morgan fingerprint density at radius 1 is 1.13 bits per heavy atom. The van der Waals surface area contributed by atoms with Gasteiger partial charge in [-0.3, -0.25) is 9.89 Å². The van der Waals surface area contributed by atoms with Crippen molar-refractivity contribution in [1.29, 1.82) is 0 Å². The summed E-state index contributed by atoms with van der Waals surface area (Å²) in [5.74, 6) is 0.961. The fourth-order valence-electron chi connectivity index (χ4n) is 4.00. The zero-order valence-corrected chi connectivity index (χ0v) is 22.3. The fraction of sp³-hybridized carbons (Fsp3) is 0.950. The summed E-state index contributed by atoms with van der Waals surface area (Å²) in [7, 11) is -3.27. The highest BCUT2D eigenvalue weighted by Gasteiger charge is 2.28. The molecule has 0 aromatic carbocycles. The van der Waals surface area contributed by atoms with Crippen molar-refractivity contribution in [3.8, 4) is 0 Å². The van der Waals surface area contributed by atoms with Gasteiger partial charge in [0.15, 0.2) is 5.96 Å². The third kappa shape index (κ3) is 8.76. The topological polar surface area (TPSA) is 77.5 Å². The summed E-state index contributed by atoms with van der Waals surface area (Å²) in [5, 5.41) is 3.39. The van der Waals surface area contributed by atoms with Gasteiger partial charge in [-0.15, -0.1) is 24.0 Å². The van der Waals surface area contributed by atoms with E-state index >= 15 is 0 Å². The van der Waals surface area contributed by atoms with Crippen molar-refractivity contribution in [2.45, 2.75) is 59.1 Å². The van der Waals surface area contributed by atoms with E-state index in [1.54, 1.807) is 4.31 Å². The van der Waals surface area contributed by atoms with Gasteiger partial charge in [0.05, 0.1) is 25.0 Å². The van der Waals surface area contributed by atoms with Crippen LogP contribution in [0.4, 0.5) is 0 Å². The Labute approximate surface area is 200 Å². The Bertz CT molecular complexity index is 610. The van der Waals surface area contributed by atoms with Crippen LogP contribution in [-0.2, 0) is 14.8 Å². The van der Waals surface area contributed by atoms with Gasteiger partial charge in [-0.05, 0) is 46.7 Å². The van der Waals surface area contributed by atoms with Gasteiger partial charge >= 0.3 is 0 Å². The van der Waals surface area contributed by atoms with E-state index < -0.39 is 10.0 Å². The Morgan fingerprint density at radius 3 is 2.43 bits per heavy atom. The average molecular weight is 560 g/mol. The SMILES string of the molecule is CCNC(=NCC1CCCCN1CC)N1CCN(S(=O)(=O)CCOC(C)C)CC1.I. The number of hydrogen-bond donors (Lipinski definition) is 1. The Balaban J connectivity index is 0.00000450. The summed E-state index contributed by atoms with van der Waals surface area (Å²) >= 11 is 0. The standard InChI is InChI=1S/C20H41N5O3S.HI/c1-5-21-20(22-17-19-9-7-8-10-23(19)6-2)24-11-13-25(14-12-24)29(26,27)16-15-28-18(3)4;/h18-19H,5-17H2,1-4H3,(H,21,22);1H. The molecule has 1 N–H and O–H groups in total. The highest BCUT2D eigenvalue weighted by atomic mass is 127. The summed E-state index contributed by atoms with van der Waals surface area (Å²) in [4.78, 5) is 9.64. The van der Waals surface area contributed by atoms with Gasteiger partial charge < -0.3 is 15.0 Å². The predicted octanol–water partition coefficient (Wildman–Crippen LogP) is 1.82. The van der Waals surface area contributed by atoms with Crippen molar-refractivity contribution in [3.05, 3.63) is 0 Å². The van der Waals surface area contributed by atoms with E-state index in [9.17, 15) is 8.42 Å². The Morgan fingerprint density at radius 2 is 1.83 bits per heavy atom. The van der Waals surface area contributed by atoms with E-state index in [-0.39, 0.29) is 42.4 Å². The van der Waals surface area contributed by atoms with Gasteiger partial charge in [-0.25, -0.2) is 8.42 Å². The minimum absolute atomic E-state index is 0. The third-order valence-electron chi connectivity index (χ3n) is 5.67. The van der Waals surface area contributed by atoms with E-state index in [0.29, 0.717) is 32.2 Å². The molecule has 2 heterocycles. The number of nitrogens with zero attached hydrogens (tertiary/aromatic N) is 4. The molecule has 2 aliphatic rings. The molecule has 30 heavy (non-hydrogen) atoms. The van der Waals surface area contributed by atoms with Crippen LogP contribution in [0.1, 0.15) is 47.0 Å². The molecule has 178 valence electrons. The molecule has 1 unspecified atom stereocenters. The van der Waals surface area contributed by atoms with Crippen LogP contribution < -0.4 is 5.32 Å². The molecule has 1 atom stereocenters. The maximum Gasteiger partial charge on any atom is 0.216 e. The van der Waals surface area contributed by atoms with Crippen LogP contribution in [0.25, 0.3) is 0 Å². The van der Waals surface area contributed by atoms with Gasteiger partial charge in [0.1, 0.15) is 0 Å². The molecular weight excluding hydrogens is 517 g/mol. The quantitative estimate of drug-likeness (QED) is 0.264. The normalized spacial score (nSPS) is 22.2. The first-order chi connectivity index (χ1) is 13.9. The summed E-state index contributed by atoms with van der Waals surface area (Å²) in [6, 6.07) is 0.519. The molecule has 2 saturated heterocycles. The lowest BCUT2D eigenvalue weighted by Crippen LogP contribution is -2.54. The number of ether oxygens (including phenoxy) is 1. The molecule has 2 fully saturated rings. The molecule has 0 aromatic heterocycles. The minimum Gasteiger partial charge on any atom is -0.378 e. The van der Waals surface area contributed by atoms with Crippen molar-refractivity contribution in [2.75, 3.05) is 64.7 Å². The smallest absolute Gasteiger partial charge is 0.216 e. The van der Waals surface area contributed by atoms with Crippen LogP contribution >= 0.6 is 24.0 Å². The van der Waals surface area contributed by atoms with Crippen LogP contribution in [-0.4, -0.2) is 105 Å². The second-order valence-electron chi connectivity index (χ2n) is 8.09. The highest BCUT2D eigenvalue weighted by Crippen LogP contribution is 2.17. The molecule has 2 aliphatic heterocycles. The zero-order chi connectivity index (χ0) is 21.3. The van der Waals surface area contributed by atoms with Gasteiger partial charge in [0.25, 0.3) is 0 Å². The van der Waals surface area contributed by atoms with Crippen LogP contribution in [0.5, 0.6) is 0 Å². The van der Waals surface area contributed by atoms with Gasteiger partial charge in [-0.2, -0.15) is 4.31 Å². The fourth-order valence-corrected chi connectivity index (χ4v) is 5.28. The Hall–Kier alpha value is -0.170. The van der Waals surface area contributed by atoms with E-state index in [0.717, 1.165) is 25.6 Å². The lowest BCUT2D eigenvalue weighted by atomic mass is 10.0. The van der Waals surface area contributed by atoms with Crippen molar-refractivity contribution < 1.29 is 13.2 Å². The average Bonchev–Trinajstić information content (AvgIpc) is 2.71. The summed E-state index contributed by atoms with van der Waals surface area (Å²) in [5.41, 5.74) is 0. The van der Waals surface area contributed by atoms with Gasteiger partial charge in [0, 0.05) is 38.8 Å². The lowest BCUT2D eigenvalue weighted by Gasteiger charge is -2.37. The first-order valence-corrected chi connectivity index (χ1v) is 12.8. The predicted molar refractivity (Wildman–Crippen MR) is 134 cm³/mol. The lowest BCUT2D eigenvalue weighted by molar-refractivity contribution is 0.0904. The van der Waals surface area contributed by atoms with Crippen LogP contribution in [0.3, 0.4) is 0 Å². The first-order valence-electron chi connectivity index (χ1n) is 11.2. The number of likely N-dealkylation sites (N-methyl/N-ethyl adjacent to an activating group) is 1. The molecule has 10 heteroatoms. The number of likely N-dealkylation sites (tertiary alicyclic amines) is 1. The number of piperazine rings is 1. The van der Waals surface area contributed by atoms with Gasteiger partial charge in [0.2, 0.25) is 10.0 Å². The number of nitrogens with one attached hydrogen (secondary N) is 1. The number of halogens is 1. The van der Waals surface area contributed by atoms with Crippen molar-refractivity contribution in [2.24, 2.45) is 4.99 Å². The van der Waals surface area contributed by atoms with Gasteiger partial charge in [-0.1, -0.05) is 13.3 Å². The zero-order valence-electron chi connectivity index (χ0n) is 19.2. The molecule has 0 aliphatic carbocycles. The van der Waals surface area contributed by atoms with Crippen LogP contribution in [0.2, 0.25) is 0 Å². The van der Waals surface area contributed by atoms with E-state index in [2.05, 4.69) is 29.0 Å². The summed E-state index contributed by atoms with van der Waals surface area (Å²) < 4.78 is 32.1. The molecule has 0 bridgehead atoms. The molecule has 8 nitrogen and oxygen atoms in total. The Kier molecular flexibility index (Phi) is 13.1. The maximum atomic E-state index is 12.5. The summed E-state index contributed by atoms with van der Waals surface area (Å²) in [6.45, 7) is 14.6. The maximum absolute atomic E-state index is 12.5. The molecule has 0 radical (unpaired) electrons. The van der Waals surface area contributed by atoms with E-state index in [1.807, 2.05) is 13.8 Å². The van der Waals surface area contributed by atoms with Crippen LogP contribution in [0, 0.1) is 0 Å². The number of hydrogen-bond acceptors (Lipinski definition) is 5. The second kappa shape index (κ2) is 14.1. The number of piperidine rings is 1. The van der Waals surface area contributed by atoms with E-state index in [1.165, 1.54) is 25.8 Å². The monoisotopic (exact) mass is 559 g/mol. The largest absolute Gasteiger partial charge is 0.378 e. The van der Waals surface area contributed by atoms with Crippen molar-refractivity contribution >= 4 is 40.0 Å². The molecule has 2 rings (SSSR count). The molecular formula is C20H42IN5O3S. The van der Waals surface area contributed by atoms with Crippen molar-refractivity contribution in [1.82, 2.24) is 19.4 Å². The van der Waals surface area contributed by atoms with Crippen LogP contribution in [0.15, 0.2) is 4.99 Å². The second-order valence-corrected chi connectivity index (χ2v) is 10.2. The first kappa shape index (κ1) is 27.9. The highest BCUT2D eigenvalue weighted by molar-refractivity contribution is 14.0. The molecule has 0 spiro atoms. The minimum atomic E-state index is -3.27. The number of sulfonamides is 1. The molecule has 0 saturated carbocycles. The van der Waals surface area contributed by atoms with Crippen molar-refractivity contribution in [3.63, 3.8) is 0 Å². The number of aliphatic imine (C=N–C) groups is 1. The molecule has 0 amide bonds. The summed E-state index contributed by atoms with van der Waals surface area (Å²) in [6.07, 6.45) is 3.83. The molecule has 0 aromatic rings. The number of rotatable bonds is 9.